The molecule has 0 saturated heterocycles. The average Bonchev–Trinajstić information content (AvgIpc) is 2.44. The summed E-state index contributed by atoms with van der Waals surface area (Å²) in [5.41, 5.74) is 0.918. The maximum Gasteiger partial charge on any atom is 0.244 e. The molecule has 0 aliphatic heterocycles. The molecule has 0 aromatic heterocycles. The van der Waals surface area contributed by atoms with E-state index in [4.69, 9.17) is 4.74 Å². The van der Waals surface area contributed by atoms with E-state index in [2.05, 4.69) is 23.9 Å². The quantitative estimate of drug-likeness (QED) is 0.733. The van der Waals surface area contributed by atoms with Crippen molar-refractivity contribution in [2.24, 2.45) is 5.92 Å². The molecule has 0 unspecified atom stereocenters. The molecule has 0 saturated carbocycles. The van der Waals surface area contributed by atoms with Gasteiger partial charge in [0, 0.05) is 13.1 Å². The van der Waals surface area contributed by atoms with Crippen molar-refractivity contribution in [1.29, 1.82) is 0 Å². The molecule has 1 aromatic carbocycles. The highest BCUT2D eigenvalue weighted by Gasteiger charge is 2.19. The van der Waals surface area contributed by atoms with Crippen molar-refractivity contribution in [1.82, 2.24) is 10.0 Å². The summed E-state index contributed by atoms with van der Waals surface area (Å²) in [7, 11) is -2.07. The van der Waals surface area contributed by atoms with Gasteiger partial charge in [-0.05, 0) is 36.6 Å². The predicted octanol–water partition coefficient (Wildman–Crippen LogP) is 2.13. The molecule has 0 amide bonds. The van der Waals surface area contributed by atoms with Gasteiger partial charge in [0.15, 0.2) is 0 Å². The summed E-state index contributed by atoms with van der Waals surface area (Å²) in [6.45, 7) is 8.03. The minimum atomic E-state index is -3.55. The predicted molar refractivity (Wildman–Crippen MR) is 85.0 cm³/mol. The second-order valence-electron chi connectivity index (χ2n) is 5.35. The summed E-state index contributed by atoms with van der Waals surface area (Å²) in [4.78, 5) is 0.198. The molecular formula is C15H26N2O3S. The summed E-state index contributed by atoms with van der Waals surface area (Å²) in [5.74, 6) is 0.821. The lowest BCUT2D eigenvalue weighted by molar-refractivity contribution is 0.402. The van der Waals surface area contributed by atoms with Crippen molar-refractivity contribution in [2.75, 3.05) is 20.2 Å². The van der Waals surface area contributed by atoms with Crippen molar-refractivity contribution in [3.05, 3.63) is 23.8 Å². The van der Waals surface area contributed by atoms with Crippen LogP contribution in [0, 0.1) is 5.92 Å². The standard InChI is InChI=1S/C15H26N2O3S/c1-5-16-11-13-6-7-14(20-4)15(10-13)21(18,19)17-9-8-12(2)3/h6-7,10,12,16-17H,5,8-9,11H2,1-4H3. The van der Waals surface area contributed by atoms with Crippen LogP contribution in [0.1, 0.15) is 32.8 Å². The van der Waals surface area contributed by atoms with Crippen LogP contribution in [0.15, 0.2) is 23.1 Å². The highest BCUT2D eigenvalue weighted by Crippen LogP contribution is 2.24. The fourth-order valence-corrected chi connectivity index (χ4v) is 3.13. The summed E-state index contributed by atoms with van der Waals surface area (Å²) in [6, 6.07) is 5.23. The first-order valence-corrected chi connectivity index (χ1v) is 8.76. The highest BCUT2D eigenvalue weighted by molar-refractivity contribution is 7.89. The number of hydrogen-bond acceptors (Lipinski definition) is 4. The summed E-state index contributed by atoms with van der Waals surface area (Å²) < 4.78 is 32.6. The van der Waals surface area contributed by atoms with E-state index in [0.29, 0.717) is 24.8 Å². The van der Waals surface area contributed by atoms with Crippen LogP contribution in [0.2, 0.25) is 0 Å². The minimum absolute atomic E-state index is 0.198. The fourth-order valence-electron chi connectivity index (χ4n) is 1.87. The van der Waals surface area contributed by atoms with Crippen LogP contribution in [0.25, 0.3) is 0 Å². The number of sulfonamides is 1. The van der Waals surface area contributed by atoms with E-state index in [0.717, 1.165) is 18.5 Å². The molecule has 0 aliphatic rings. The third kappa shape index (κ3) is 5.65. The van der Waals surface area contributed by atoms with Gasteiger partial charge >= 0.3 is 0 Å². The van der Waals surface area contributed by atoms with Gasteiger partial charge < -0.3 is 10.1 Å². The number of rotatable bonds is 9. The molecule has 1 rings (SSSR count). The highest BCUT2D eigenvalue weighted by atomic mass is 32.2. The Kier molecular flexibility index (Phi) is 7.14. The van der Waals surface area contributed by atoms with Crippen LogP contribution in [0.3, 0.4) is 0 Å². The molecule has 120 valence electrons. The Hall–Kier alpha value is -1.11. The molecule has 0 atom stereocenters. The Labute approximate surface area is 128 Å². The molecule has 0 fully saturated rings. The van der Waals surface area contributed by atoms with E-state index >= 15 is 0 Å². The Morgan fingerprint density at radius 1 is 1.29 bits per heavy atom. The molecule has 0 aliphatic carbocycles. The van der Waals surface area contributed by atoms with Crippen LogP contribution < -0.4 is 14.8 Å². The van der Waals surface area contributed by atoms with Gasteiger partial charge in [-0.25, -0.2) is 13.1 Å². The zero-order chi connectivity index (χ0) is 15.9. The van der Waals surface area contributed by atoms with E-state index in [1.165, 1.54) is 7.11 Å². The Morgan fingerprint density at radius 2 is 2.00 bits per heavy atom. The van der Waals surface area contributed by atoms with Crippen LogP contribution in [0.5, 0.6) is 5.75 Å². The smallest absolute Gasteiger partial charge is 0.244 e. The molecular weight excluding hydrogens is 288 g/mol. The third-order valence-electron chi connectivity index (χ3n) is 3.11. The average molecular weight is 314 g/mol. The largest absolute Gasteiger partial charge is 0.495 e. The van der Waals surface area contributed by atoms with E-state index < -0.39 is 10.0 Å². The zero-order valence-electron chi connectivity index (χ0n) is 13.3. The number of ether oxygens (including phenoxy) is 1. The molecule has 6 heteroatoms. The van der Waals surface area contributed by atoms with E-state index in [-0.39, 0.29) is 4.90 Å². The van der Waals surface area contributed by atoms with Crippen molar-refractivity contribution in [3.63, 3.8) is 0 Å². The van der Waals surface area contributed by atoms with Gasteiger partial charge in [0.25, 0.3) is 0 Å². The van der Waals surface area contributed by atoms with Crippen molar-refractivity contribution >= 4 is 10.0 Å². The Balaban J connectivity index is 2.96. The lowest BCUT2D eigenvalue weighted by Gasteiger charge is -2.13. The van der Waals surface area contributed by atoms with Crippen LogP contribution >= 0.6 is 0 Å². The third-order valence-corrected chi connectivity index (χ3v) is 4.59. The van der Waals surface area contributed by atoms with Crippen LogP contribution in [-0.4, -0.2) is 28.6 Å². The summed E-state index contributed by atoms with van der Waals surface area (Å²) >= 11 is 0. The molecule has 0 bridgehead atoms. The molecule has 2 N–H and O–H groups in total. The maximum atomic E-state index is 12.4. The topological polar surface area (TPSA) is 67.4 Å². The van der Waals surface area contributed by atoms with Gasteiger partial charge in [-0.2, -0.15) is 0 Å². The van der Waals surface area contributed by atoms with Gasteiger partial charge in [0.05, 0.1) is 7.11 Å². The van der Waals surface area contributed by atoms with Gasteiger partial charge in [-0.15, -0.1) is 0 Å². The van der Waals surface area contributed by atoms with Crippen LogP contribution in [-0.2, 0) is 16.6 Å². The number of hydrogen-bond donors (Lipinski definition) is 2. The van der Waals surface area contributed by atoms with E-state index in [1.807, 2.05) is 13.0 Å². The first-order valence-electron chi connectivity index (χ1n) is 7.28. The summed E-state index contributed by atoms with van der Waals surface area (Å²) in [6.07, 6.45) is 0.804. The monoisotopic (exact) mass is 314 g/mol. The van der Waals surface area contributed by atoms with Crippen molar-refractivity contribution < 1.29 is 13.2 Å². The van der Waals surface area contributed by atoms with Gasteiger partial charge in [0.2, 0.25) is 10.0 Å². The van der Waals surface area contributed by atoms with E-state index in [1.54, 1.807) is 12.1 Å². The first kappa shape index (κ1) is 17.9. The normalized spacial score (nSPS) is 11.9. The lowest BCUT2D eigenvalue weighted by atomic mass is 10.1. The van der Waals surface area contributed by atoms with E-state index in [9.17, 15) is 8.42 Å². The number of nitrogens with one attached hydrogen (secondary N) is 2. The van der Waals surface area contributed by atoms with Gasteiger partial charge in [-0.3, -0.25) is 0 Å². The second-order valence-corrected chi connectivity index (χ2v) is 7.08. The molecule has 0 spiro atoms. The molecule has 5 nitrogen and oxygen atoms in total. The maximum absolute atomic E-state index is 12.4. The molecule has 0 heterocycles. The minimum Gasteiger partial charge on any atom is -0.495 e. The van der Waals surface area contributed by atoms with Crippen LogP contribution in [0.4, 0.5) is 0 Å². The molecule has 1 aromatic rings. The number of methoxy groups -OCH3 is 1. The van der Waals surface area contributed by atoms with Gasteiger partial charge in [-0.1, -0.05) is 26.8 Å². The SMILES string of the molecule is CCNCc1ccc(OC)c(S(=O)(=O)NCCC(C)C)c1. The molecule has 21 heavy (non-hydrogen) atoms. The van der Waals surface area contributed by atoms with Gasteiger partial charge in [0.1, 0.15) is 10.6 Å². The Bertz CT molecular complexity index is 542. The van der Waals surface area contributed by atoms with Crippen molar-refractivity contribution in [2.45, 2.75) is 38.6 Å². The number of benzene rings is 1. The summed E-state index contributed by atoms with van der Waals surface area (Å²) in [5, 5.41) is 3.18. The van der Waals surface area contributed by atoms with Crippen molar-refractivity contribution in [3.8, 4) is 5.75 Å². The fraction of sp³-hybridized carbons (Fsp3) is 0.600. The zero-order valence-corrected chi connectivity index (χ0v) is 14.1. The molecule has 0 radical (unpaired) electrons. The second kappa shape index (κ2) is 8.36. The Morgan fingerprint density at radius 3 is 2.57 bits per heavy atom. The first-order chi connectivity index (χ1) is 9.90. The lowest BCUT2D eigenvalue weighted by Crippen LogP contribution is -2.26.